The van der Waals surface area contributed by atoms with Crippen LogP contribution in [0.2, 0.25) is 0 Å². The molecule has 0 aliphatic rings. The van der Waals surface area contributed by atoms with E-state index in [0.29, 0.717) is 0 Å². The molecular formula is C13H14F3NO3. The Bertz CT molecular complexity index is 524. The van der Waals surface area contributed by atoms with Crippen molar-refractivity contribution in [3.63, 3.8) is 0 Å². The summed E-state index contributed by atoms with van der Waals surface area (Å²) in [5.74, 6) is -2.74. The van der Waals surface area contributed by atoms with Gasteiger partial charge in [-0.1, -0.05) is 0 Å². The SMILES string of the molecule is CC(C)(C)OC(=O)Nc1ccc(C(=O)C(F)F)c(F)c1. The van der Waals surface area contributed by atoms with Crippen LogP contribution in [0.4, 0.5) is 23.7 Å². The van der Waals surface area contributed by atoms with Crippen LogP contribution >= 0.6 is 0 Å². The van der Waals surface area contributed by atoms with Crippen molar-refractivity contribution in [1.29, 1.82) is 0 Å². The molecule has 1 aromatic rings. The van der Waals surface area contributed by atoms with Gasteiger partial charge in [-0.15, -0.1) is 0 Å². The third-order valence-corrected chi connectivity index (χ3v) is 2.08. The molecule has 110 valence electrons. The lowest BCUT2D eigenvalue weighted by Crippen LogP contribution is -2.27. The molecule has 0 heterocycles. The first kappa shape index (κ1) is 16.0. The number of Topliss-reactive ketones (excluding diaryl/α,β-unsaturated/α-hetero) is 1. The minimum Gasteiger partial charge on any atom is -0.444 e. The number of carbonyl (C=O) groups is 2. The Hall–Kier alpha value is -2.05. The summed E-state index contributed by atoms with van der Waals surface area (Å²) in [5, 5.41) is 2.23. The van der Waals surface area contributed by atoms with Crippen molar-refractivity contribution in [3.05, 3.63) is 29.6 Å². The molecule has 4 nitrogen and oxygen atoms in total. The lowest BCUT2D eigenvalue weighted by molar-refractivity contribution is 0.0635. The second kappa shape index (κ2) is 5.94. The predicted octanol–water partition coefficient (Wildman–Crippen LogP) is 3.62. The van der Waals surface area contributed by atoms with Gasteiger partial charge in [-0.2, -0.15) is 0 Å². The molecule has 0 atom stereocenters. The summed E-state index contributed by atoms with van der Waals surface area (Å²) in [6.07, 6.45) is -4.10. The molecule has 20 heavy (non-hydrogen) atoms. The maximum Gasteiger partial charge on any atom is 0.412 e. The van der Waals surface area contributed by atoms with E-state index in [1.165, 1.54) is 0 Å². The molecule has 0 aromatic heterocycles. The van der Waals surface area contributed by atoms with Crippen molar-refractivity contribution in [3.8, 4) is 0 Å². The smallest absolute Gasteiger partial charge is 0.412 e. The molecule has 0 radical (unpaired) electrons. The maximum absolute atomic E-state index is 13.5. The molecule has 0 aliphatic heterocycles. The Balaban J connectivity index is 2.83. The summed E-state index contributed by atoms with van der Waals surface area (Å²) in [6, 6.07) is 2.80. The van der Waals surface area contributed by atoms with E-state index in [9.17, 15) is 22.8 Å². The third-order valence-electron chi connectivity index (χ3n) is 2.08. The Morgan fingerprint density at radius 1 is 1.25 bits per heavy atom. The molecule has 0 unspecified atom stereocenters. The molecule has 0 aliphatic carbocycles. The van der Waals surface area contributed by atoms with E-state index in [4.69, 9.17) is 4.74 Å². The number of carbonyl (C=O) groups excluding carboxylic acids is 2. The molecule has 0 bridgehead atoms. The summed E-state index contributed by atoms with van der Waals surface area (Å²) >= 11 is 0. The molecule has 7 heteroatoms. The first-order valence-corrected chi connectivity index (χ1v) is 5.72. The molecule has 0 spiro atoms. The van der Waals surface area contributed by atoms with Gasteiger partial charge < -0.3 is 4.74 Å². The van der Waals surface area contributed by atoms with Crippen molar-refractivity contribution in [2.45, 2.75) is 32.8 Å². The lowest BCUT2D eigenvalue weighted by atomic mass is 10.1. The van der Waals surface area contributed by atoms with Crippen LogP contribution in [0.3, 0.4) is 0 Å². The number of ketones is 1. The van der Waals surface area contributed by atoms with Gasteiger partial charge in [0.05, 0.1) is 5.56 Å². The van der Waals surface area contributed by atoms with Crippen LogP contribution < -0.4 is 5.32 Å². The topological polar surface area (TPSA) is 55.4 Å². The van der Waals surface area contributed by atoms with Gasteiger partial charge in [0.2, 0.25) is 5.78 Å². The second-order valence-corrected chi connectivity index (χ2v) is 4.99. The minimum absolute atomic E-state index is 0.00238. The Morgan fingerprint density at radius 2 is 1.85 bits per heavy atom. The normalized spacial score (nSPS) is 11.3. The van der Waals surface area contributed by atoms with Crippen molar-refractivity contribution in [2.24, 2.45) is 0 Å². The van der Waals surface area contributed by atoms with Crippen LogP contribution in [0, 0.1) is 5.82 Å². The minimum atomic E-state index is -3.28. The predicted molar refractivity (Wildman–Crippen MR) is 66.6 cm³/mol. The van der Waals surface area contributed by atoms with Crippen molar-refractivity contribution < 1.29 is 27.5 Å². The number of alkyl halides is 2. The molecular weight excluding hydrogens is 275 g/mol. The number of hydrogen-bond donors (Lipinski definition) is 1. The van der Waals surface area contributed by atoms with E-state index < -0.39 is 35.3 Å². The third kappa shape index (κ3) is 4.56. The highest BCUT2D eigenvalue weighted by Crippen LogP contribution is 2.18. The van der Waals surface area contributed by atoms with Gasteiger partial charge in [-0.05, 0) is 39.0 Å². The number of rotatable bonds is 3. The summed E-state index contributed by atoms with van der Waals surface area (Å²) < 4.78 is 42.8. The van der Waals surface area contributed by atoms with Crippen LogP contribution in [0.1, 0.15) is 31.1 Å². The number of amides is 1. The number of nitrogens with one attached hydrogen (secondary N) is 1. The number of ether oxygens (including phenoxy) is 1. The van der Waals surface area contributed by atoms with Crippen LogP contribution in [-0.4, -0.2) is 23.9 Å². The van der Waals surface area contributed by atoms with Crippen molar-refractivity contribution >= 4 is 17.6 Å². The van der Waals surface area contributed by atoms with Gasteiger partial charge in [-0.3, -0.25) is 10.1 Å². The van der Waals surface area contributed by atoms with E-state index in [-0.39, 0.29) is 5.69 Å². The highest BCUT2D eigenvalue weighted by atomic mass is 19.3. The zero-order chi connectivity index (χ0) is 15.5. The first-order valence-electron chi connectivity index (χ1n) is 5.72. The first-order chi connectivity index (χ1) is 9.10. The summed E-state index contributed by atoms with van der Waals surface area (Å²) in [6.45, 7) is 4.95. The van der Waals surface area contributed by atoms with Crippen LogP contribution in [0.15, 0.2) is 18.2 Å². The summed E-state index contributed by atoms with van der Waals surface area (Å²) in [4.78, 5) is 22.4. The fourth-order valence-corrected chi connectivity index (χ4v) is 1.33. The lowest BCUT2D eigenvalue weighted by Gasteiger charge is -2.19. The van der Waals surface area contributed by atoms with E-state index in [0.717, 1.165) is 18.2 Å². The zero-order valence-corrected chi connectivity index (χ0v) is 11.2. The van der Waals surface area contributed by atoms with E-state index in [2.05, 4.69) is 5.32 Å². The van der Waals surface area contributed by atoms with Gasteiger partial charge in [0.25, 0.3) is 0 Å². The van der Waals surface area contributed by atoms with Crippen molar-refractivity contribution in [2.75, 3.05) is 5.32 Å². The van der Waals surface area contributed by atoms with Gasteiger partial charge in [0, 0.05) is 5.69 Å². The molecule has 1 N–H and O–H groups in total. The van der Waals surface area contributed by atoms with Crippen LogP contribution in [0.25, 0.3) is 0 Å². The quantitative estimate of drug-likeness (QED) is 0.865. The van der Waals surface area contributed by atoms with Gasteiger partial charge in [0.15, 0.2) is 0 Å². The number of halogens is 3. The second-order valence-electron chi connectivity index (χ2n) is 4.99. The Morgan fingerprint density at radius 3 is 2.30 bits per heavy atom. The fraction of sp³-hybridized carbons (Fsp3) is 0.385. The summed E-state index contributed by atoms with van der Waals surface area (Å²) in [5.41, 5.74) is -1.45. The standard InChI is InChI=1S/C13H14F3NO3/c1-13(2,3)20-12(19)17-7-4-5-8(9(14)6-7)10(18)11(15)16/h4-6,11H,1-3H3,(H,17,19). The molecule has 0 fully saturated rings. The molecule has 0 saturated carbocycles. The molecule has 1 amide bonds. The number of hydrogen-bond acceptors (Lipinski definition) is 3. The Labute approximate surface area is 113 Å². The van der Waals surface area contributed by atoms with Crippen molar-refractivity contribution in [1.82, 2.24) is 0 Å². The molecule has 0 saturated heterocycles. The largest absolute Gasteiger partial charge is 0.444 e. The van der Waals surface area contributed by atoms with E-state index in [1.807, 2.05) is 0 Å². The number of benzene rings is 1. The van der Waals surface area contributed by atoms with Gasteiger partial charge in [0.1, 0.15) is 11.4 Å². The monoisotopic (exact) mass is 289 g/mol. The van der Waals surface area contributed by atoms with Crippen LogP contribution in [-0.2, 0) is 4.74 Å². The van der Waals surface area contributed by atoms with Gasteiger partial charge in [-0.25, -0.2) is 18.0 Å². The highest BCUT2D eigenvalue weighted by Gasteiger charge is 2.22. The Kier molecular flexibility index (Phi) is 4.75. The highest BCUT2D eigenvalue weighted by molar-refractivity contribution is 5.99. The number of anilines is 1. The van der Waals surface area contributed by atoms with Gasteiger partial charge >= 0.3 is 12.5 Å². The fourth-order valence-electron chi connectivity index (χ4n) is 1.33. The van der Waals surface area contributed by atoms with E-state index >= 15 is 0 Å². The molecule has 1 aromatic carbocycles. The average molecular weight is 289 g/mol. The van der Waals surface area contributed by atoms with Crippen LogP contribution in [0.5, 0.6) is 0 Å². The average Bonchev–Trinajstić information content (AvgIpc) is 2.25. The summed E-state index contributed by atoms with van der Waals surface area (Å²) in [7, 11) is 0. The molecule has 1 rings (SSSR count). The van der Waals surface area contributed by atoms with E-state index in [1.54, 1.807) is 20.8 Å². The zero-order valence-electron chi connectivity index (χ0n) is 11.2. The maximum atomic E-state index is 13.5.